The number of amides is 2. The number of aromatic nitrogens is 1. The van der Waals surface area contributed by atoms with Crippen LogP contribution in [0.5, 0.6) is 0 Å². The Morgan fingerprint density at radius 1 is 1.03 bits per heavy atom. The lowest BCUT2D eigenvalue weighted by Crippen LogP contribution is -2.53. The number of aromatic amines is 1. The zero-order valence-corrected chi connectivity index (χ0v) is 18.4. The lowest BCUT2D eigenvalue weighted by Gasteiger charge is -2.39. The summed E-state index contributed by atoms with van der Waals surface area (Å²) in [5.74, 6) is 0.0679. The van der Waals surface area contributed by atoms with Crippen molar-refractivity contribution in [2.75, 3.05) is 44.2 Å². The highest BCUT2D eigenvalue weighted by atomic mass is 35.5. The molecule has 160 valence electrons. The Morgan fingerprint density at radius 2 is 1.80 bits per heavy atom. The first-order valence-electron chi connectivity index (χ1n) is 10.7. The number of H-pyrrole nitrogens is 1. The number of nitrogens with zero attached hydrogens (tertiary/aromatic N) is 3. The second kappa shape index (κ2) is 8.72. The molecule has 6 nitrogen and oxygen atoms in total. The Hall–Kier alpha value is -2.47. The summed E-state index contributed by atoms with van der Waals surface area (Å²) in [7, 11) is 0. The van der Waals surface area contributed by atoms with Gasteiger partial charge >= 0.3 is 0 Å². The molecule has 3 heterocycles. The number of piperazine rings is 1. The van der Waals surface area contributed by atoms with E-state index in [9.17, 15) is 9.59 Å². The summed E-state index contributed by atoms with van der Waals surface area (Å²) in [5, 5.41) is 0.727. The molecule has 2 aliphatic rings. The number of aryl methyl sites for hydroxylation is 2. The molecule has 0 radical (unpaired) electrons. The Kier molecular flexibility index (Phi) is 6.04. The molecule has 2 aromatic rings. The minimum absolute atomic E-state index is 0.00359. The highest BCUT2D eigenvalue weighted by molar-refractivity contribution is 6.30. The average Bonchev–Trinajstić information content (AvgIpc) is 3.10. The van der Waals surface area contributed by atoms with Gasteiger partial charge in [-0.2, -0.15) is 0 Å². The molecule has 1 unspecified atom stereocenters. The van der Waals surface area contributed by atoms with Crippen LogP contribution in [0.1, 0.15) is 34.6 Å². The van der Waals surface area contributed by atoms with Gasteiger partial charge in [0.1, 0.15) is 5.69 Å². The first kappa shape index (κ1) is 20.8. The highest BCUT2D eigenvalue weighted by Gasteiger charge is 2.33. The molecule has 4 rings (SSSR count). The maximum absolute atomic E-state index is 13.2. The number of carbonyl (C=O) groups is 2. The number of rotatable bonds is 3. The summed E-state index contributed by atoms with van der Waals surface area (Å²) in [6.45, 7) is 8.10. The minimum Gasteiger partial charge on any atom is -0.368 e. The van der Waals surface area contributed by atoms with E-state index in [2.05, 4.69) is 16.0 Å². The van der Waals surface area contributed by atoms with E-state index < -0.39 is 0 Å². The number of hydrogen-bond acceptors (Lipinski definition) is 3. The van der Waals surface area contributed by atoms with Crippen molar-refractivity contribution in [1.29, 1.82) is 0 Å². The molecule has 30 heavy (non-hydrogen) atoms. The molecule has 0 spiro atoms. The van der Waals surface area contributed by atoms with Gasteiger partial charge in [-0.05, 0) is 56.5 Å². The summed E-state index contributed by atoms with van der Waals surface area (Å²) in [5.41, 5.74) is 3.69. The Labute approximate surface area is 182 Å². The van der Waals surface area contributed by atoms with Crippen LogP contribution in [0.4, 0.5) is 5.69 Å². The van der Waals surface area contributed by atoms with Crippen LogP contribution in [-0.2, 0) is 4.79 Å². The van der Waals surface area contributed by atoms with Crippen LogP contribution in [0.25, 0.3) is 0 Å². The van der Waals surface area contributed by atoms with Crippen LogP contribution in [-0.4, -0.2) is 65.9 Å². The van der Waals surface area contributed by atoms with Gasteiger partial charge in [0, 0.05) is 55.7 Å². The third-order valence-corrected chi connectivity index (χ3v) is 6.42. The largest absolute Gasteiger partial charge is 0.368 e. The summed E-state index contributed by atoms with van der Waals surface area (Å²) in [6, 6.07) is 9.83. The fourth-order valence-electron chi connectivity index (χ4n) is 4.59. The molecule has 1 atom stereocenters. The topological polar surface area (TPSA) is 59.7 Å². The molecule has 0 aliphatic carbocycles. The molecule has 1 N–H and O–H groups in total. The molecule has 1 aromatic carbocycles. The lowest BCUT2D eigenvalue weighted by atomic mass is 9.95. The summed E-state index contributed by atoms with van der Waals surface area (Å²) >= 11 is 6.11. The van der Waals surface area contributed by atoms with Gasteiger partial charge in [0.15, 0.2) is 0 Å². The number of likely N-dealkylation sites (tertiary alicyclic amines) is 1. The zero-order valence-electron chi connectivity index (χ0n) is 17.7. The van der Waals surface area contributed by atoms with E-state index in [0.717, 1.165) is 47.9 Å². The first-order valence-corrected chi connectivity index (χ1v) is 11.0. The molecule has 0 saturated carbocycles. The number of hydrogen-bond donors (Lipinski definition) is 1. The second-order valence-corrected chi connectivity index (χ2v) is 8.83. The van der Waals surface area contributed by atoms with Crippen molar-refractivity contribution in [2.24, 2.45) is 5.92 Å². The van der Waals surface area contributed by atoms with Crippen molar-refractivity contribution in [3.63, 3.8) is 0 Å². The van der Waals surface area contributed by atoms with E-state index >= 15 is 0 Å². The predicted octanol–water partition coefficient (Wildman–Crippen LogP) is 3.49. The van der Waals surface area contributed by atoms with Crippen LogP contribution < -0.4 is 4.90 Å². The highest BCUT2D eigenvalue weighted by Crippen LogP contribution is 2.24. The van der Waals surface area contributed by atoms with Gasteiger partial charge < -0.3 is 19.7 Å². The quantitative estimate of drug-likeness (QED) is 0.814. The Morgan fingerprint density at radius 3 is 2.47 bits per heavy atom. The predicted molar refractivity (Wildman–Crippen MR) is 119 cm³/mol. The molecule has 1 aromatic heterocycles. The molecular weight excluding hydrogens is 400 g/mol. The SMILES string of the molecule is Cc1cc(C)c(C(=O)N2CCCC(C(=O)N3CCN(c4cccc(Cl)c4)CC3)C2)[nH]1. The number of anilines is 1. The van der Waals surface area contributed by atoms with Gasteiger partial charge in [0.2, 0.25) is 5.91 Å². The smallest absolute Gasteiger partial charge is 0.270 e. The molecule has 2 amide bonds. The van der Waals surface area contributed by atoms with Crippen molar-refractivity contribution in [2.45, 2.75) is 26.7 Å². The fourth-order valence-corrected chi connectivity index (χ4v) is 4.77. The Balaban J connectivity index is 1.36. The average molecular weight is 429 g/mol. The van der Waals surface area contributed by atoms with Gasteiger partial charge in [-0.3, -0.25) is 9.59 Å². The summed E-state index contributed by atoms with van der Waals surface area (Å²) < 4.78 is 0. The van der Waals surface area contributed by atoms with Gasteiger partial charge in [0.25, 0.3) is 5.91 Å². The summed E-state index contributed by atoms with van der Waals surface area (Å²) in [4.78, 5) is 35.4. The van der Waals surface area contributed by atoms with E-state index in [0.29, 0.717) is 31.9 Å². The third-order valence-electron chi connectivity index (χ3n) is 6.19. The van der Waals surface area contributed by atoms with Crippen molar-refractivity contribution in [3.05, 3.63) is 52.3 Å². The lowest BCUT2D eigenvalue weighted by molar-refractivity contribution is -0.137. The van der Waals surface area contributed by atoms with Crippen LogP contribution in [0.2, 0.25) is 5.02 Å². The molecule has 0 bridgehead atoms. The van der Waals surface area contributed by atoms with Crippen LogP contribution in [0.15, 0.2) is 30.3 Å². The number of piperidine rings is 1. The molecular formula is C23H29ClN4O2. The van der Waals surface area contributed by atoms with Crippen LogP contribution >= 0.6 is 11.6 Å². The van der Waals surface area contributed by atoms with E-state index in [1.807, 2.05) is 47.9 Å². The summed E-state index contributed by atoms with van der Waals surface area (Å²) in [6.07, 6.45) is 1.71. The van der Waals surface area contributed by atoms with Gasteiger partial charge in [-0.15, -0.1) is 0 Å². The molecule has 2 fully saturated rings. The van der Waals surface area contributed by atoms with Gasteiger partial charge in [0.05, 0.1) is 5.92 Å². The maximum atomic E-state index is 13.2. The molecule has 7 heteroatoms. The standard InChI is InChI=1S/C23H29ClN4O2/c1-16-13-17(2)25-21(16)23(30)28-8-4-5-18(15-28)22(29)27-11-9-26(10-12-27)20-7-3-6-19(24)14-20/h3,6-7,13-14,18,25H,4-5,8-12,15H2,1-2H3. The number of halogens is 1. The Bertz CT molecular complexity index is 933. The first-order chi connectivity index (χ1) is 14.4. The van der Waals surface area contributed by atoms with E-state index in [1.165, 1.54) is 0 Å². The van der Waals surface area contributed by atoms with Crippen molar-refractivity contribution < 1.29 is 9.59 Å². The number of benzene rings is 1. The van der Waals surface area contributed by atoms with E-state index in [-0.39, 0.29) is 17.7 Å². The van der Waals surface area contributed by atoms with Gasteiger partial charge in [-0.1, -0.05) is 17.7 Å². The van der Waals surface area contributed by atoms with E-state index in [4.69, 9.17) is 11.6 Å². The number of carbonyl (C=O) groups excluding carboxylic acids is 2. The van der Waals surface area contributed by atoms with Crippen molar-refractivity contribution in [3.8, 4) is 0 Å². The second-order valence-electron chi connectivity index (χ2n) is 8.39. The third kappa shape index (κ3) is 4.33. The monoisotopic (exact) mass is 428 g/mol. The normalized spacial score (nSPS) is 19.8. The van der Waals surface area contributed by atoms with Gasteiger partial charge in [-0.25, -0.2) is 0 Å². The van der Waals surface area contributed by atoms with Crippen LogP contribution in [0, 0.1) is 19.8 Å². The zero-order chi connectivity index (χ0) is 21.3. The van der Waals surface area contributed by atoms with Crippen molar-refractivity contribution in [1.82, 2.24) is 14.8 Å². The van der Waals surface area contributed by atoms with Crippen LogP contribution in [0.3, 0.4) is 0 Å². The molecule has 2 aliphatic heterocycles. The number of nitrogens with one attached hydrogen (secondary N) is 1. The fraction of sp³-hybridized carbons (Fsp3) is 0.478. The van der Waals surface area contributed by atoms with Crippen molar-refractivity contribution >= 4 is 29.1 Å². The molecule has 2 saturated heterocycles. The minimum atomic E-state index is -0.114. The maximum Gasteiger partial charge on any atom is 0.270 e. The van der Waals surface area contributed by atoms with E-state index in [1.54, 1.807) is 0 Å².